The number of rotatable bonds is 5. The maximum Gasteiger partial charge on any atom is 0.288 e. The number of hydrogen-bond donors (Lipinski definition) is 1. The van der Waals surface area contributed by atoms with E-state index in [9.17, 15) is 10.1 Å². The predicted molar refractivity (Wildman–Crippen MR) is 100 cm³/mol. The number of H-pyrrole nitrogens is 1. The maximum atomic E-state index is 11.0. The molecular formula is C16H12ClN5O3S. The van der Waals surface area contributed by atoms with Crippen LogP contribution in [0, 0.1) is 14.9 Å². The quantitative estimate of drug-likeness (QED) is 0.307. The van der Waals surface area contributed by atoms with Crippen molar-refractivity contribution in [2.75, 3.05) is 7.11 Å². The van der Waals surface area contributed by atoms with E-state index < -0.39 is 4.92 Å². The summed E-state index contributed by atoms with van der Waals surface area (Å²) in [5.74, 6) is 1.21. The summed E-state index contributed by atoms with van der Waals surface area (Å²) in [7, 11) is 1.58. The van der Waals surface area contributed by atoms with Crippen molar-refractivity contribution in [3.05, 3.63) is 67.9 Å². The molecule has 0 amide bonds. The lowest BCUT2D eigenvalue weighted by Crippen LogP contribution is -1.96. The third-order valence-electron chi connectivity index (χ3n) is 3.49. The number of ether oxygens (including phenoxy) is 1. The molecule has 0 radical (unpaired) electrons. The van der Waals surface area contributed by atoms with Gasteiger partial charge in [0.2, 0.25) is 4.77 Å². The number of nitrogens with one attached hydrogen (secondary N) is 1. The van der Waals surface area contributed by atoms with Crippen LogP contribution in [0.3, 0.4) is 0 Å². The van der Waals surface area contributed by atoms with Gasteiger partial charge in [-0.3, -0.25) is 10.1 Å². The van der Waals surface area contributed by atoms with E-state index in [2.05, 4.69) is 15.3 Å². The van der Waals surface area contributed by atoms with Crippen LogP contribution in [-0.4, -0.2) is 33.1 Å². The lowest BCUT2D eigenvalue weighted by molar-refractivity contribution is -0.384. The first kappa shape index (κ1) is 17.8. The van der Waals surface area contributed by atoms with Crippen molar-refractivity contribution in [3.63, 3.8) is 0 Å². The van der Waals surface area contributed by atoms with Crippen LogP contribution in [-0.2, 0) is 0 Å². The highest BCUT2D eigenvalue weighted by Crippen LogP contribution is 2.25. The van der Waals surface area contributed by atoms with E-state index in [1.165, 1.54) is 23.0 Å². The van der Waals surface area contributed by atoms with Crippen molar-refractivity contribution in [1.29, 1.82) is 0 Å². The molecule has 2 aromatic carbocycles. The smallest absolute Gasteiger partial charge is 0.288 e. The number of nitro groups is 1. The first-order valence-corrected chi connectivity index (χ1v) is 8.08. The van der Waals surface area contributed by atoms with Crippen LogP contribution in [0.25, 0.3) is 11.4 Å². The summed E-state index contributed by atoms with van der Waals surface area (Å²) in [5.41, 5.74) is 1.09. The molecule has 1 N–H and O–H groups in total. The van der Waals surface area contributed by atoms with Crippen molar-refractivity contribution < 1.29 is 9.66 Å². The number of halogens is 1. The monoisotopic (exact) mass is 389 g/mol. The summed E-state index contributed by atoms with van der Waals surface area (Å²) in [6.45, 7) is 0. The van der Waals surface area contributed by atoms with Crippen molar-refractivity contribution in [2.45, 2.75) is 0 Å². The molecule has 1 heterocycles. The number of nitro benzene ring substituents is 1. The van der Waals surface area contributed by atoms with Gasteiger partial charge in [0.1, 0.15) is 10.8 Å². The molecule has 0 aliphatic carbocycles. The molecule has 0 bridgehead atoms. The van der Waals surface area contributed by atoms with Gasteiger partial charge in [-0.1, -0.05) is 17.7 Å². The van der Waals surface area contributed by atoms with E-state index in [-0.39, 0.29) is 15.5 Å². The average Bonchev–Trinajstić information content (AvgIpc) is 3.01. The zero-order valence-corrected chi connectivity index (χ0v) is 15.0. The highest BCUT2D eigenvalue weighted by atomic mass is 35.5. The molecule has 0 aliphatic rings. The molecule has 0 spiro atoms. The van der Waals surface area contributed by atoms with Crippen LogP contribution >= 0.6 is 23.8 Å². The van der Waals surface area contributed by atoms with Crippen LogP contribution in [0.4, 0.5) is 5.69 Å². The van der Waals surface area contributed by atoms with E-state index >= 15 is 0 Å². The van der Waals surface area contributed by atoms with Crippen molar-refractivity contribution in [1.82, 2.24) is 14.9 Å². The van der Waals surface area contributed by atoms with Gasteiger partial charge in [-0.25, -0.2) is 5.10 Å². The second-order valence-electron chi connectivity index (χ2n) is 5.11. The zero-order valence-electron chi connectivity index (χ0n) is 13.4. The molecule has 0 saturated heterocycles. The Morgan fingerprint density at radius 3 is 2.73 bits per heavy atom. The Hall–Kier alpha value is -3.04. The molecule has 3 rings (SSSR count). The third-order valence-corrected chi connectivity index (χ3v) is 4.07. The molecule has 26 heavy (non-hydrogen) atoms. The molecule has 10 heteroatoms. The van der Waals surface area contributed by atoms with Crippen molar-refractivity contribution in [2.24, 2.45) is 5.10 Å². The molecule has 0 fully saturated rings. The summed E-state index contributed by atoms with van der Waals surface area (Å²) in [6, 6.07) is 11.6. The minimum Gasteiger partial charge on any atom is -0.497 e. The Morgan fingerprint density at radius 1 is 1.35 bits per heavy atom. The van der Waals surface area contributed by atoms with Crippen molar-refractivity contribution in [3.8, 4) is 17.1 Å². The van der Waals surface area contributed by atoms with Gasteiger partial charge in [0.05, 0.1) is 18.2 Å². The molecule has 0 saturated carbocycles. The van der Waals surface area contributed by atoms with Gasteiger partial charge in [-0.05, 0) is 42.5 Å². The maximum absolute atomic E-state index is 11.0. The van der Waals surface area contributed by atoms with Crippen LogP contribution in [0.1, 0.15) is 5.56 Å². The van der Waals surface area contributed by atoms with E-state index in [0.29, 0.717) is 17.1 Å². The molecule has 3 aromatic rings. The Balaban J connectivity index is 1.97. The topological polar surface area (TPSA) is 98.3 Å². The van der Waals surface area contributed by atoms with E-state index in [4.69, 9.17) is 28.6 Å². The van der Waals surface area contributed by atoms with Crippen LogP contribution in [0.2, 0.25) is 5.02 Å². The first-order valence-electron chi connectivity index (χ1n) is 7.29. The molecule has 8 nitrogen and oxygen atoms in total. The Labute approximate surface area is 157 Å². The summed E-state index contributed by atoms with van der Waals surface area (Å²) in [5, 5.41) is 22.2. The summed E-state index contributed by atoms with van der Waals surface area (Å²) < 4.78 is 6.85. The van der Waals surface area contributed by atoms with E-state index in [0.717, 1.165) is 5.56 Å². The number of nitrogens with zero attached hydrogens (tertiary/aromatic N) is 4. The Kier molecular flexibility index (Phi) is 5.10. The van der Waals surface area contributed by atoms with Crippen LogP contribution < -0.4 is 4.74 Å². The molecular weight excluding hydrogens is 378 g/mol. The highest BCUT2D eigenvalue weighted by molar-refractivity contribution is 7.71. The molecule has 0 unspecified atom stereocenters. The summed E-state index contributed by atoms with van der Waals surface area (Å²) >= 11 is 11.0. The summed E-state index contributed by atoms with van der Waals surface area (Å²) in [6.07, 6.45) is 1.45. The molecule has 0 atom stereocenters. The SMILES string of the molecule is COc1ccc(-c2n[nH]c(=S)n2/N=C\c2ccc(Cl)c([N+](=O)[O-])c2)cc1. The minimum absolute atomic E-state index is 0.0611. The predicted octanol–water partition coefficient (Wildman–Crippen LogP) is 4.06. The fraction of sp³-hybridized carbons (Fsp3) is 0.0625. The second kappa shape index (κ2) is 7.46. The number of aromatic nitrogens is 3. The molecule has 1 aromatic heterocycles. The van der Waals surface area contributed by atoms with Crippen LogP contribution in [0.5, 0.6) is 5.75 Å². The lowest BCUT2D eigenvalue weighted by atomic mass is 10.2. The normalized spacial score (nSPS) is 11.0. The van der Waals surface area contributed by atoms with E-state index in [1.807, 2.05) is 12.1 Å². The fourth-order valence-electron chi connectivity index (χ4n) is 2.20. The lowest BCUT2D eigenvalue weighted by Gasteiger charge is -2.03. The minimum atomic E-state index is -0.550. The largest absolute Gasteiger partial charge is 0.497 e. The first-order chi connectivity index (χ1) is 12.5. The second-order valence-corrected chi connectivity index (χ2v) is 5.90. The van der Waals surface area contributed by atoms with Gasteiger partial charge in [0, 0.05) is 17.2 Å². The van der Waals surface area contributed by atoms with Gasteiger partial charge < -0.3 is 4.74 Å². The number of aromatic amines is 1. The van der Waals surface area contributed by atoms with Crippen molar-refractivity contribution >= 4 is 35.7 Å². The Morgan fingerprint density at radius 2 is 2.08 bits per heavy atom. The number of hydrogen-bond acceptors (Lipinski definition) is 6. The van der Waals surface area contributed by atoms with E-state index in [1.54, 1.807) is 25.3 Å². The zero-order chi connectivity index (χ0) is 18.7. The average molecular weight is 390 g/mol. The Bertz CT molecular complexity index is 1040. The summed E-state index contributed by atoms with van der Waals surface area (Å²) in [4.78, 5) is 10.4. The highest BCUT2D eigenvalue weighted by Gasteiger charge is 2.12. The number of methoxy groups -OCH3 is 1. The van der Waals surface area contributed by atoms with Gasteiger partial charge in [-0.15, -0.1) is 0 Å². The molecule has 0 aliphatic heterocycles. The van der Waals surface area contributed by atoms with Crippen LogP contribution in [0.15, 0.2) is 47.6 Å². The van der Waals surface area contributed by atoms with Gasteiger partial charge in [0.15, 0.2) is 5.82 Å². The number of benzene rings is 2. The fourth-order valence-corrected chi connectivity index (χ4v) is 2.57. The third kappa shape index (κ3) is 3.63. The molecule has 132 valence electrons. The standard InChI is InChI=1S/C16H12ClN5O3S/c1-25-12-5-3-11(4-6-12)15-19-20-16(26)21(15)18-9-10-2-7-13(17)14(8-10)22(23)24/h2-9H,1H3,(H,20,26)/b18-9-. The van der Waals surface area contributed by atoms with Gasteiger partial charge >= 0.3 is 0 Å². The van der Waals surface area contributed by atoms with Gasteiger partial charge in [0.25, 0.3) is 5.69 Å². The van der Waals surface area contributed by atoms with Gasteiger partial charge in [-0.2, -0.15) is 14.9 Å².